The van der Waals surface area contributed by atoms with E-state index in [-0.39, 0.29) is 23.5 Å². The first-order valence-electron chi connectivity index (χ1n) is 7.26. The molecule has 1 aliphatic heterocycles. The van der Waals surface area contributed by atoms with Crippen molar-refractivity contribution < 1.29 is 9.53 Å². The Morgan fingerprint density at radius 3 is 2.72 bits per heavy atom. The average Bonchev–Trinajstić information content (AvgIpc) is 2.86. The number of nitrogens with one attached hydrogen (secondary N) is 2. The number of methoxy groups -OCH3 is 1. The molecule has 4 nitrogen and oxygen atoms in total. The number of rotatable bonds is 4. The van der Waals surface area contributed by atoms with Crippen molar-refractivity contribution in [2.45, 2.75) is 57.6 Å². The summed E-state index contributed by atoms with van der Waals surface area (Å²) in [6, 6.07) is 0.223. The first-order chi connectivity index (χ1) is 8.72. The minimum Gasteiger partial charge on any atom is -0.379 e. The van der Waals surface area contributed by atoms with Crippen molar-refractivity contribution in [2.24, 2.45) is 5.41 Å². The fourth-order valence-corrected chi connectivity index (χ4v) is 3.34. The Bertz CT molecular complexity index is 288. The van der Waals surface area contributed by atoms with E-state index in [1.165, 1.54) is 0 Å². The van der Waals surface area contributed by atoms with E-state index in [1.807, 2.05) is 0 Å². The van der Waals surface area contributed by atoms with Crippen LogP contribution in [0.4, 0.5) is 0 Å². The van der Waals surface area contributed by atoms with Crippen molar-refractivity contribution in [1.82, 2.24) is 10.6 Å². The molecule has 1 aliphatic carbocycles. The van der Waals surface area contributed by atoms with Gasteiger partial charge in [-0.25, -0.2) is 0 Å². The number of hydrogen-bond acceptors (Lipinski definition) is 3. The summed E-state index contributed by atoms with van der Waals surface area (Å²) in [7, 11) is 1.75. The lowest BCUT2D eigenvalue weighted by Gasteiger charge is -2.36. The van der Waals surface area contributed by atoms with Crippen molar-refractivity contribution in [1.29, 1.82) is 0 Å². The molecule has 0 aromatic rings. The molecule has 0 aromatic carbocycles. The summed E-state index contributed by atoms with van der Waals surface area (Å²) in [5.74, 6) is 0.250. The van der Waals surface area contributed by atoms with Crippen LogP contribution in [-0.4, -0.2) is 38.3 Å². The highest BCUT2D eigenvalue weighted by atomic mass is 16.5. The Balaban J connectivity index is 1.97. The van der Waals surface area contributed by atoms with Crippen LogP contribution in [0.25, 0.3) is 0 Å². The molecule has 1 heterocycles. The Kier molecular flexibility index (Phi) is 4.62. The van der Waals surface area contributed by atoms with E-state index in [0.717, 1.165) is 51.6 Å². The minimum absolute atomic E-state index is 0.147. The highest BCUT2D eigenvalue weighted by Crippen LogP contribution is 2.33. The van der Waals surface area contributed by atoms with Gasteiger partial charge in [-0.2, -0.15) is 0 Å². The molecule has 2 atom stereocenters. The predicted octanol–water partition coefficient (Wildman–Crippen LogP) is 1.45. The fourth-order valence-electron chi connectivity index (χ4n) is 3.34. The van der Waals surface area contributed by atoms with E-state index in [4.69, 9.17) is 4.74 Å². The van der Waals surface area contributed by atoms with E-state index >= 15 is 0 Å². The summed E-state index contributed by atoms with van der Waals surface area (Å²) < 4.78 is 5.45. The molecule has 18 heavy (non-hydrogen) atoms. The zero-order valence-electron chi connectivity index (χ0n) is 11.6. The lowest BCUT2D eigenvalue weighted by molar-refractivity contribution is -0.134. The van der Waals surface area contributed by atoms with Gasteiger partial charge in [0.05, 0.1) is 17.6 Å². The predicted molar refractivity (Wildman–Crippen MR) is 71.4 cm³/mol. The SMILES string of the molecule is CCC1(C(=O)NC2CCCC2OC)CCNCC1. The smallest absolute Gasteiger partial charge is 0.226 e. The van der Waals surface area contributed by atoms with E-state index in [2.05, 4.69) is 17.6 Å². The monoisotopic (exact) mass is 254 g/mol. The maximum Gasteiger partial charge on any atom is 0.226 e. The third-order valence-corrected chi connectivity index (χ3v) is 4.79. The van der Waals surface area contributed by atoms with Crippen LogP contribution in [0.2, 0.25) is 0 Å². The molecule has 4 heteroatoms. The molecule has 2 fully saturated rings. The molecule has 1 amide bonds. The highest BCUT2D eigenvalue weighted by Gasteiger charge is 2.40. The van der Waals surface area contributed by atoms with Crippen LogP contribution < -0.4 is 10.6 Å². The van der Waals surface area contributed by atoms with E-state index in [1.54, 1.807) is 7.11 Å². The lowest BCUT2D eigenvalue weighted by Crippen LogP contribution is -2.51. The van der Waals surface area contributed by atoms with Crippen molar-refractivity contribution in [3.63, 3.8) is 0 Å². The average molecular weight is 254 g/mol. The minimum atomic E-state index is -0.147. The zero-order valence-corrected chi connectivity index (χ0v) is 11.6. The number of amides is 1. The summed E-state index contributed by atoms with van der Waals surface area (Å²) in [4.78, 5) is 12.6. The van der Waals surface area contributed by atoms with E-state index in [9.17, 15) is 4.79 Å². The maximum absolute atomic E-state index is 12.6. The van der Waals surface area contributed by atoms with Gasteiger partial charge in [0.25, 0.3) is 0 Å². The van der Waals surface area contributed by atoms with Gasteiger partial charge in [0.15, 0.2) is 0 Å². The highest BCUT2D eigenvalue weighted by molar-refractivity contribution is 5.83. The number of hydrogen-bond donors (Lipinski definition) is 2. The van der Waals surface area contributed by atoms with Gasteiger partial charge >= 0.3 is 0 Å². The second-order valence-electron chi connectivity index (χ2n) is 5.67. The second-order valence-corrected chi connectivity index (χ2v) is 5.67. The first-order valence-corrected chi connectivity index (χ1v) is 7.26. The Morgan fingerprint density at radius 2 is 2.11 bits per heavy atom. The molecular weight excluding hydrogens is 228 g/mol. The van der Waals surface area contributed by atoms with Crippen molar-refractivity contribution >= 4 is 5.91 Å². The Labute approximate surface area is 110 Å². The number of carbonyl (C=O) groups excluding carboxylic acids is 1. The molecule has 0 bridgehead atoms. The standard InChI is InChI=1S/C14H26N2O2/c1-3-14(7-9-15-10-8-14)13(17)16-11-5-4-6-12(11)18-2/h11-12,15H,3-10H2,1-2H3,(H,16,17). The summed E-state index contributed by atoms with van der Waals surface area (Å²) in [5.41, 5.74) is -0.147. The summed E-state index contributed by atoms with van der Waals surface area (Å²) in [5, 5.41) is 6.59. The van der Waals surface area contributed by atoms with Crippen molar-refractivity contribution in [3.05, 3.63) is 0 Å². The third kappa shape index (κ3) is 2.69. The third-order valence-electron chi connectivity index (χ3n) is 4.79. The molecule has 2 N–H and O–H groups in total. The van der Waals surface area contributed by atoms with Crippen molar-refractivity contribution in [2.75, 3.05) is 20.2 Å². The Morgan fingerprint density at radius 1 is 1.39 bits per heavy atom. The molecule has 2 rings (SSSR count). The van der Waals surface area contributed by atoms with E-state index in [0.29, 0.717) is 0 Å². The topological polar surface area (TPSA) is 50.4 Å². The zero-order chi connectivity index (χ0) is 13.0. The summed E-state index contributed by atoms with van der Waals surface area (Å²) in [6.07, 6.45) is 6.35. The largest absolute Gasteiger partial charge is 0.379 e. The maximum atomic E-state index is 12.6. The Hall–Kier alpha value is -0.610. The van der Waals surface area contributed by atoms with Crippen LogP contribution in [0.15, 0.2) is 0 Å². The van der Waals surface area contributed by atoms with Gasteiger partial charge in [0.1, 0.15) is 0 Å². The quantitative estimate of drug-likeness (QED) is 0.798. The van der Waals surface area contributed by atoms with Gasteiger partial charge in [-0.15, -0.1) is 0 Å². The molecular formula is C14H26N2O2. The number of carbonyl (C=O) groups is 1. The van der Waals surface area contributed by atoms with E-state index < -0.39 is 0 Å². The summed E-state index contributed by atoms with van der Waals surface area (Å²) >= 11 is 0. The normalized spacial score (nSPS) is 31.2. The van der Waals surface area contributed by atoms with Crippen LogP contribution in [0.5, 0.6) is 0 Å². The van der Waals surface area contributed by atoms with Gasteiger partial charge in [0.2, 0.25) is 5.91 Å². The first kappa shape index (κ1) is 13.8. The molecule has 2 aliphatic rings. The van der Waals surface area contributed by atoms with Gasteiger partial charge in [0, 0.05) is 7.11 Å². The van der Waals surface area contributed by atoms with Gasteiger partial charge < -0.3 is 15.4 Å². The lowest BCUT2D eigenvalue weighted by atomic mass is 9.75. The van der Waals surface area contributed by atoms with Gasteiger partial charge in [-0.05, 0) is 51.6 Å². The summed E-state index contributed by atoms with van der Waals surface area (Å²) in [6.45, 7) is 4.05. The van der Waals surface area contributed by atoms with Crippen molar-refractivity contribution in [3.8, 4) is 0 Å². The van der Waals surface area contributed by atoms with Crippen LogP contribution in [0.1, 0.15) is 45.4 Å². The van der Waals surface area contributed by atoms with Crippen LogP contribution >= 0.6 is 0 Å². The molecule has 2 unspecified atom stereocenters. The molecule has 0 radical (unpaired) electrons. The molecule has 104 valence electrons. The number of ether oxygens (including phenoxy) is 1. The van der Waals surface area contributed by atoms with Crippen LogP contribution in [0.3, 0.4) is 0 Å². The van der Waals surface area contributed by atoms with Gasteiger partial charge in [-0.3, -0.25) is 4.79 Å². The fraction of sp³-hybridized carbons (Fsp3) is 0.929. The molecule has 1 saturated heterocycles. The second kappa shape index (κ2) is 6.02. The molecule has 0 spiro atoms. The van der Waals surface area contributed by atoms with Crippen LogP contribution in [0, 0.1) is 5.41 Å². The molecule has 0 aromatic heterocycles. The number of piperidine rings is 1. The van der Waals surface area contributed by atoms with Gasteiger partial charge in [-0.1, -0.05) is 6.92 Å². The van der Waals surface area contributed by atoms with Crippen LogP contribution in [-0.2, 0) is 9.53 Å². The molecule has 1 saturated carbocycles.